The molecular weight excluding hydrogens is 272 g/mol. The van der Waals surface area contributed by atoms with E-state index in [9.17, 15) is 10.1 Å². The van der Waals surface area contributed by atoms with Gasteiger partial charge in [-0.05, 0) is 17.7 Å². The van der Waals surface area contributed by atoms with E-state index in [0.29, 0.717) is 5.75 Å². The van der Waals surface area contributed by atoms with E-state index < -0.39 is 4.92 Å². The van der Waals surface area contributed by atoms with Crippen LogP contribution >= 0.6 is 0 Å². The first-order valence-corrected chi connectivity index (χ1v) is 6.37. The minimum absolute atomic E-state index is 0.136. The van der Waals surface area contributed by atoms with Crippen molar-refractivity contribution >= 4 is 5.69 Å². The Morgan fingerprint density at radius 1 is 1.24 bits per heavy atom. The van der Waals surface area contributed by atoms with Crippen molar-refractivity contribution in [2.75, 3.05) is 13.7 Å². The number of benzene rings is 2. The van der Waals surface area contributed by atoms with E-state index in [-0.39, 0.29) is 24.1 Å². The number of hydrogen-bond acceptors (Lipinski definition) is 5. The first kappa shape index (κ1) is 14.8. The van der Waals surface area contributed by atoms with Gasteiger partial charge in [0.25, 0.3) is 0 Å². The zero-order chi connectivity index (χ0) is 15.2. The molecule has 110 valence electrons. The maximum absolute atomic E-state index is 10.9. The Hall–Kier alpha value is -2.60. The lowest BCUT2D eigenvalue weighted by atomic mass is 10.1. The summed E-state index contributed by atoms with van der Waals surface area (Å²) in [5, 5.41) is 10.9. The van der Waals surface area contributed by atoms with Crippen LogP contribution < -0.4 is 15.2 Å². The van der Waals surface area contributed by atoms with E-state index in [4.69, 9.17) is 15.2 Å². The van der Waals surface area contributed by atoms with Gasteiger partial charge in [0.1, 0.15) is 12.4 Å². The summed E-state index contributed by atoms with van der Waals surface area (Å²) >= 11 is 0. The fourth-order valence-corrected chi connectivity index (χ4v) is 1.88. The number of nitro benzene ring substituents is 1. The fraction of sp³-hybridized carbons (Fsp3) is 0.200. The van der Waals surface area contributed by atoms with Crippen molar-refractivity contribution < 1.29 is 14.4 Å². The van der Waals surface area contributed by atoms with Crippen LogP contribution in [0.4, 0.5) is 5.69 Å². The minimum atomic E-state index is -0.511. The molecule has 2 N–H and O–H groups in total. The Kier molecular flexibility index (Phi) is 4.73. The van der Waals surface area contributed by atoms with Crippen LogP contribution in [0.1, 0.15) is 11.6 Å². The monoisotopic (exact) mass is 288 g/mol. The van der Waals surface area contributed by atoms with Gasteiger partial charge in [0.05, 0.1) is 24.1 Å². The average Bonchev–Trinajstić information content (AvgIpc) is 2.53. The number of nitrogens with zero attached hydrogens (tertiary/aromatic N) is 1. The lowest BCUT2D eigenvalue weighted by Crippen LogP contribution is -2.18. The predicted molar refractivity (Wildman–Crippen MR) is 78.5 cm³/mol. The van der Waals surface area contributed by atoms with Gasteiger partial charge in [-0.2, -0.15) is 0 Å². The molecule has 0 aliphatic heterocycles. The number of methoxy groups -OCH3 is 1. The average molecular weight is 288 g/mol. The van der Waals surface area contributed by atoms with Crippen molar-refractivity contribution in [3.05, 3.63) is 64.2 Å². The molecular formula is C15H16N2O4. The summed E-state index contributed by atoms with van der Waals surface area (Å²) in [6.45, 7) is 0.230. The second-order valence-electron chi connectivity index (χ2n) is 4.42. The van der Waals surface area contributed by atoms with Crippen molar-refractivity contribution in [1.82, 2.24) is 0 Å². The summed E-state index contributed by atoms with van der Waals surface area (Å²) in [5.41, 5.74) is 6.82. The quantitative estimate of drug-likeness (QED) is 0.652. The van der Waals surface area contributed by atoms with Crippen molar-refractivity contribution in [3.8, 4) is 11.5 Å². The highest BCUT2D eigenvalue weighted by Crippen LogP contribution is 2.31. The molecule has 1 atom stereocenters. The molecule has 0 aliphatic rings. The second-order valence-corrected chi connectivity index (χ2v) is 4.42. The van der Waals surface area contributed by atoms with E-state index in [0.717, 1.165) is 5.56 Å². The van der Waals surface area contributed by atoms with Crippen LogP contribution in [0.2, 0.25) is 0 Å². The standard InChI is InChI=1S/C15H16N2O4/c1-20-15-8-7-12(9-14(15)17(18)19)21-10-13(16)11-5-3-2-4-6-11/h2-9,13H,10,16H2,1H3. The van der Waals surface area contributed by atoms with Gasteiger partial charge in [0.15, 0.2) is 5.75 Å². The Labute approximate surface area is 122 Å². The van der Waals surface area contributed by atoms with Crippen molar-refractivity contribution in [2.45, 2.75) is 6.04 Å². The smallest absolute Gasteiger partial charge is 0.314 e. The van der Waals surface area contributed by atoms with Gasteiger partial charge in [-0.1, -0.05) is 30.3 Å². The molecule has 0 saturated heterocycles. The molecule has 0 fully saturated rings. The van der Waals surface area contributed by atoms with E-state index in [1.165, 1.54) is 19.2 Å². The summed E-state index contributed by atoms with van der Waals surface area (Å²) in [6, 6.07) is 13.7. The molecule has 0 aromatic heterocycles. The van der Waals surface area contributed by atoms with Crippen molar-refractivity contribution in [2.24, 2.45) is 5.73 Å². The summed E-state index contributed by atoms with van der Waals surface area (Å²) in [4.78, 5) is 10.4. The number of ether oxygens (including phenoxy) is 2. The molecule has 2 rings (SSSR count). The van der Waals surface area contributed by atoms with Crippen LogP contribution in [-0.2, 0) is 0 Å². The highest BCUT2D eigenvalue weighted by Gasteiger charge is 2.16. The molecule has 6 nitrogen and oxygen atoms in total. The first-order chi connectivity index (χ1) is 10.1. The largest absolute Gasteiger partial charge is 0.491 e. The molecule has 6 heteroatoms. The number of nitrogens with two attached hydrogens (primary N) is 1. The fourth-order valence-electron chi connectivity index (χ4n) is 1.88. The van der Waals surface area contributed by atoms with Gasteiger partial charge in [-0.25, -0.2) is 0 Å². The normalized spacial score (nSPS) is 11.7. The van der Waals surface area contributed by atoms with Gasteiger partial charge < -0.3 is 15.2 Å². The Morgan fingerprint density at radius 2 is 1.95 bits per heavy atom. The second kappa shape index (κ2) is 6.71. The van der Waals surface area contributed by atoms with E-state index in [2.05, 4.69) is 0 Å². The number of rotatable bonds is 6. The topological polar surface area (TPSA) is 87.6 Å². The number of nitro groups is 1. The van der Waals surface area contributed by atoms with Crippen LogP contribution in [0.3, 0.4) is 0 Å². The van der Waals surface area contributed by atoms with Crippen molar-refractivity contribution in [1.29, 1.82) is 0 Å². The molecule has 0 amide bonds. The minimum Gasteiger partial charge on any atom is -0.491 e. The molecule has 2 aromatic carbocycles. The third-order valence-electron chi connectivity index (χ3n) is 3.00. The molecule has 0 bridgehead atoms. The molecule has 21 heavy (non-hydrogen) atoms. The molecule has 2 aromatic rings. The predicted octanol–water partition coefficient (Wildman–Crippen LogP) is 2.68. The summed E-state index contributed by atoms with van der Waals surface area (Å²) in [5.74, 6) is 0.577. The van der Waals surface area contributed by atoms with Gasteiger partial charge >= 0.3 is 5.69 Å². The van der Waals surface area contributed by atoms with Crippen molar-refractivity contribution in [3.63, 3.8) is 0 Å². The maximum atomic E-state index is 10.9. The lowest BCUT2D eigenvalue weighted by Gasteiger charge is -2.13. The van der Waals surface area contributed by atoms with Crippen LogP contribution in [0.25, 0.3) is 0 Å². The highest BCUT2D eigenvalue weighted by molar-refractivity contribution is 5.50. The zero-order valence-corrected chi connectivity index (χ0v) is 11.6. The van der Waals surface area contributed by atoms with E-state index in [1.54, 1.807) is 6.07 Å². The molecule has 0 heterocycles. The van der Waals surface area contributed by atoms with Crippen LogP contribution in [0.15, 0.2) is 48.5 Å². The Bertz CT molecular complexity index is 616. The highest BCUT2D eigenvalue weighted by atomic mass is 16.6. The zero-order valence-electron chi connectivity index (χ0n) is 11.6. The van der Waals surface area contributed by atoms with Gasteiger partial charge in [0.2, 0.25) is 0 Å². The molecule has 0 spiro atoms. The van der Waals surface area contributed by atoms with Crippen LogP contribution in [-0.4, -0.2) is 18.6 Å². The van der Waals surface area contributed by atoms with Gasteiger partial charge in [-0.15, -0.1) is 0 Å². The molecule has 0 aliphatic carbocycles. The maximum Gasteiger partial charge on any atom is 0.314 e. The lowest BCUT2D eigenvalue weighted by molar-refractivity contribution is -0.385. The van der Waals surface area contributed by atoms with Crippen LogP contribution in [0.5, 0.6) is 11.5 Å². The van der Waals surface area contributed by atoms with Gasteiger partial charge in [-0.3, -0.25) is 10.1 Å². The Balaban J connectivity index is 2.07. The molecule has 0 radical (unpaired) electrons. The van der Waals surface area contributed by atoms with E-state index in [1.807, 2.05) is 30.3 Å². The van der Waals surface area contributed by atoms with E-state index >= 15 is 0 Å². The van der Waals surface area contributed by atoms with Gasteiger partial charge in [0, 0.05) is 0 Å². The molecule has 0 saturated carbocycles. The van der Waals surface area contributed by atoms with Crippen LogP contribution in [0, 0.1) is 10.1 Å². The summed E-state index contributed by atoms with van der Waals surface area (Å²) in [6.07, 6.45) is 0. The summed E-state index contributed by atoms with van der Waals surface area (Å²) < 4.78 is 10.5. The third kappa shape index (κ3) is 3.70. The third-order valence-corrected chi connectivity index (χ3v) is 3.00. The molecule has 1 unspecified atom stereocenters. The summed E-state index contributed by atoms with van der Waals surface area (Å²) in [7, 11) is 1.38. The number of hydrogen-bond donors (Lipinski definition) is 1. The first-order valence-electron chi connectivity index (χ1n) is 6.37. The Morgan fingerprint density at radius 3 is 2.57 bits per heavy atom. The SMILES string of the molecule is COc1ccc(OCC(N)c2ccccc2)cc1[N+](=O)[O-].